The van der Waals surface area contributed by atoms with E-state index < -0.39 is 6.04 Å². The number of aryl methyl sites for hydroxylation is 1. The van der Waals surface area contributed by atoms with E-state index in [1.165, 1.54) is 5.56 Å². The molecular formula is C11H12N2. The van der Waals surface area contributed by atoms with Crippen molar-refractivity contribution in [2.75, 3.05) is 0 Å². The fourth-order valence-electron chi connectivity index (χ4n) is 0.848. The first-order valence-corrected chi connectivity index (χ1v) is 3.79. The summed E-state index contributed by atoms with van der Waals surface area (Å²) in [6, 6.07) is 9.15. The second-order valence-corrected chi connectivity index (χ2v) is 2.52. The molecule has 2 N–H and O–H groups in total. The molecule has 0 aliphatic rings. The van der Waals surface area contributed by atoms with Gasteiger partial charge in [-0.05, 0) is 12.5 Å². The van der Waals surface area contributed by atoms with E-state index in [0.29, 0.717) is 0 Å². The SMILES string of the molecule is C#C.Cc1ccc(C(N)C#N)cc1. The fraction of sp³-hybridized carbons (Fsp3) is 0.182. The zero-order valence-corrected chi connectivity index (χ0v) is 7.57. The first-order valence-electron chi connectivity index (χ1n) is 3.79. The van der Waals surface area contributed by atoms with Crippen molar-refractivity contribution in [1.82, 2.24) is 0 Å². The Morgan fingerprint density at radius 3 is 2.15 bits per heavy atom. The molecule has 2 heteroatoms. The van der Waals surface area contributed by atoms with Crippen LogP contribution in [0.4, 0.5) is 0 Å². The predicted octanol–water partition coefficient (Wildman–Crippen LogP) is 1.77. The van der Waals surface area contributed by atoms with Gasteiger partial charge in [-0.2, -0.15) is 5.26 Å². The molecule has 2 nitrogen and oxygen atoms in total. The first kappa shape index (κ1) is 11.2. The Hall–Kier alpha value is -1.77. The average Bonchev–Trinajstić information content (AvgIpc) is 2.21. The van der Waals surface area contributed by atoms with Gasteiger partial charge < -0.3 is 5.73 Å². The lowest BCUT2D eigenvalue weighted by atomic mass is 10.1. The first-order chi connectivity index (χ1) is 6.24. The van der Waals surface area contributed by atoms with E-state index in [9.17, 15) is 0 Å². The van der Waals surface area contributed by atoms with Crippen LogP contribution in [0.25, 0.3) is 0 Å². The number of hydrogen-bond acceptors (Lipinski definition) is 2. The summed E-state index contributed by atoms with van der Waals surface area (Å²) in [7, 11) is 0. The molecule has 13 heavy (non-hydrogen) atoms. The number of nitrogens with zero attached hydrogens (tertiary/aromatic N) is 1. The molecule has 0 bridgehead atoms. The Morgan fingerprint density at radius 2 is 1.77 bits per heavy atom. The highest BCUT2D eigenvalue weighted by Gasteiger charge is 2.01. The van der Waals surface area contributed by atoms with Crippen LogP contribution in [-0.4, -0.2) is 0 Å². The Balaban J connectivity index is 0.000000671. The predicted molar refractivity (Wildman–Crippen MR) is 53.6 cm³/mol. The zero-order valence-electron chi connectivity index (χ0n) is 7.57. The van der Waals surface area contributed by atoms with Gasteiger partial charge in [0.25, 0.3) is 0 Å². The molecule has 0 amide bonds. The van der Waals surface area contributed by atoms with Crippen molar-refractivity contribution in [3.05, 3.63) is 35.4 Å². The molecule has 0 saturated heterocycles. The normalized spacial score (nSPS) is 10.4. The maximum Gasteiger partial charge on any atom is 0.118 e. The summed E-state index contributed by atoms with van der Waals surface area (Å²) in [5, 5.41) is 8.48. The standard InChI is InChI=1S/C9H10N2.C2H2/c1-7-2-4-8(5-3-7)9(11)6-10;1-2/h2-5,9H,11H2,1H3;1-2H. The monoisotopic (exact) mass is 172 g/mol. The summed E-state index contributed by atoms with van der Waals surface area (Å²) < 4.78 is 0. The lowest BCUT2D eigenvalue weighted by Crippen LogP contribution is -2.06. The van der Waals surface area contributed by atoms with Gasteiger partial charge in [0.1, 0.15) is 6.04 Å². The van der Waals surface area contributed by atoms with Crippen molar-refractivity contribution >= 4 is 0 Å². The van der Waals surface area contributed by atoms with Crippen molar-refractivity contribution in [1.29, 1.82) is 5.26 Å². The summed E-state index contributed by atoms with van der Waals surface area (Å²) in [6.07, 6.45) is 8.00. The molecule has 0 spiro atoms. The maximum atomic E-state index is 8.48. The number of benzene rings is 1. The molecule has 0 aliphatic carbocycles. The van der Waals surface area contributed by atoms with Crippen molar-refractivity contribution in [2.45, 2.75) is 13.0 Å². The van der Waals surface area contributed by atoms with Crippen molar-refractivity contribution in [3.8, 4) is 18.9 Å². The molecule has 66 valence electrons. The van der Waals surface area contributed by atoms with Crippen LogP contribution in [-0.2, 0) is 0 Å². The van der Waals surface area contributed by atoms with E-state index in [1.54, 1.807) is 0 Å². The molecule has 0 fully saturated rings. The molecule has 0 radical (unpaired) electrons. The summed E-state index contributed by atoms with van der Waals surface area (Å²) in [5.74, 6) is 0. The van der Waals surface area contributed by atoms with E-state index in [4.69, 9.17) is 11.0 Å². The van der Waals surface area contributed by atoms with Gasteiger partial charge in [0.15, 0.2) is 0 Å². The quantitative estimate of drug-likeness (QED) is 0.656. The van der Waals surface area contributed by atoms with Crippen LogP contribution < -0.4 is 5.73 Å². The molecule has 1 atom stereocenters. The average molecular weight is 172 g/mol. The van der Waals surface area contributed by atoms with Gasteiger partial charge in [0.2, 0.25) is 0 Å². The minimum Gasteiger partial charge on any atom is -0.312 e. The van der Waals surface area contributed by atoms with Crippen LogP contribution >= 0.6 is 0 Å². The molecule has 1 rings (SSSR count). The highest BCUT2D eigenvalue weighted by Crippen LogP contribution is 2.09. The molecule has 0 aromatic heterocycles. The van der Waals surface area contributed by atoms with Gasteiger partial charge in [0.05, 0.1) is 6.07 Å². The second-order valence-electron chi connectivity index (χ2n) is 2.52. The van der Waals surface area contributed by atoms with E-state index in [1.807, 2.05) is 37.3 Å². The van der Waals surface area contributed by atoms with Crippen LogP contribution in [0.15, 0.2) is 24.3 Å². The second kappa shape index (κ2) is 5.83. The Bertz CT molecular complexity index is 303. The Kier molecular flexibility index (Phi) is 5.03. The number of nitrogens with two attached hydrogens (primary N) is 1. The van der Waals surface area contributed by atoms with Crippen LogP contribution in [0.1, 0.15) is 17.2 Å². The number of nitriles is 1. The third-order valence-electron chi connectivity index (χ3n) is 1.58. The largest absolute Gasteiger partial charge is 0.312 e. The smallest absolute Gasteiger partial charge is 0.118 e. The Morgan fingerprint density at radius 1 is 1.31 bits per heavy atom. The molecule has 1 aromatic rings. The van der Waals surface area contributed by atoms with Gasteiger partial charge in [-0.25, -0.2) is 0 Å². The van der Waals surface area contributed by atoms with Crippen LogP contribution in [0.3, 0.4) is 0 Å². The minimum atomic E-state index is -0.490. The lowest BCUT2D eigenvalue weighted by molar-refractivity contribution is 0.925. The van der Waals surface area contributed by atoms with Crippen LogP contribution in [0.2, 0.25) is 0 Å². The highest BCUT2D eigenvalue weighted by atomic mass is 14.6. The zero-order chi connectivity index (χ0) is 10.3. The van der Waals surface area contributed by atoms with Gasteiger partial charge >= 0.3 is 0 Å². The number of terminal acetylenes is 1. The molecule has 0 saturated carbocycles. The lowest BCUT2D eigenvalue weighted by Gasteiger charge is -2.01. The highest BCUT2D eigenvalue weighted by molar-refractivity contribution is 5.26. The van der Waals surface area contributed by atoms with E-state index in [0.717, 1.165) is 5.56 Å². The molecule has 0 aliphatic heterocycles. The van der Waals surface area contributed by atoms with Crippen molar-refractivity contribution < 1.29 is 0 Å². The maximum absolute atomic E-state index is 8.48. The topological polar surface area (TPSA) is 49.8 Å². The summed E-state index contributed by atoms with van der Waals surface area (Å²) in [6.45, 7) is 2.00. The molecule has 1 aromatic carbocycles. The number of hydrogen-bond donors (Lipinski definition) is 1. The van der Waals surface area contributed by atoms with Crippen molar-refractivity contribution in [3.63, 3.8) is 0 Å². The minimum absolute atomic E-state index is 0.490. The van der Waals surface area contributed by atoms with Crippen LogP contribution in [0.5, 0.6) is 0 Å². The third kappa shape index (κ3) is 3.42. The summed E-state index contributed by atoms with van der Waals surface area (Å²) in [4.78, 5) is 0. The van der Waals surface area contributed by atoms with Gasteiger partial charge in [-0.15, -0.1) is 12.8 Å². The summed E-state index contributed by atoms with van der Waals surface area (Å²) >= 11 is 0. The van der Waals surface area contributed by atoms with Gasteiger partial charge in [0, 0.05) is 0 Å². The fourth-order valence-corrected chi connectivity index (χ4v) is 0.848. The Labute approximate surface area is 79.0 Å². The van der Waals surface area contributed by atoms with Gasteiger partial charge in [-0.1, -0.05) is 29.8 Å². The molecule has 1 unspecified atom stereocenters. The van der Waals surface area contributed by atoms with E-state index in [-0.39, 0.29) is 0 Å². The van der Waals surface area contributed by atoms with Crippen molar-refractivity contribution in [2.24, 2.45) is 5.73 Å². The molecule has 0 heterocycles. The third-order valence-corrected chi connectivity index (χ3v) is 1.58. The van der Waals surface area contributed by atoms with E-state index in [2.05, 4.69) is 12.8 Å². The summed E-state index contributed by atoms with van der Waals surface area (Å²) in [5.41, 5.74) is 7.54. The molecular weight excluding hydrogens is 160 g/mol. The van der Waals surface area contributed by atoms with Gasteiger partial charge in [-0.3, -0.25) is 0 Å². The van der Waals surface area contributed by atoms with Crippen LogP contribution in [0, 0.1) is 31.1 Å². The number of rotatable bonds is 1. The van der Waals surface area contributed by atoms with E-state index >= 15 is 0 Å².